The van der Waals surface area contributed by atoms with Gasteiger partial charge in [-0.2, -0.15) is 0 Å². The van der Waals surface area contributed by atoms with Crippen LogP contribution in [0.5, 0.6) is 0 Å². The van der Waals surface area contributed by atoms with Crippen LogP contribution in [0.2, 0.25) is 0 Å². The van der Waals surface area contributed by atoms with Crippen molar-refractivity contribution in [2.45, 2.75) is 24.2 Å². The van der Waals surface area contributed by atoms with Crippen LogP contribution in [-0.4, -0.2) is 42.4 Å². The van der Waals surface area contributed by atoms with Gasteiger partial charge < -0.3 is 4.90 Å². The van der Waals surface area contributed by atoms with E-state index in [0.717, 1.165) is 35.6 Å². The first-order chi connectivity index (χ1) is 18.0. The van der Waals surface area contributed by atoms with E-state index in [2.05, 4.69) is 15.0 Å². The average Bonchev–Trinajstić information content (AvgIpc) is 3.28. The van der Waals surface area contributed by atoms with Crippen molar-refractivity contribution in [2.24, 2.45) is 0 Å². The number of rotatable bonds is 7. The number of aromatic nitrogens is 3. The first kappa shape index (κ1) is 26.0. The van der Waals surface area contributed by atoms with E-state index in [1.165, 1.54) is 23.2 Å². The van der Waals surface area contributed by atoms with Crippen LogP contribution >= 0.6 is 11.3 Å². The fraction of sp³-hybridized carbons (Fsp3) is 0.208. The molecule has 2 aromatic heterocycles. The number of aryl methyl sites for hydroxylation is 1. The molecule has 3 heterocycles. The highest BCUT2D eigenvalue weighted by Gasteiger charge is 2.45. The third-order valence-corrected chi connectivity index (χ3v) is 8.23. The van der Waals surface area contributed by atoms with E-state index in [4.69, 9.17) is 0 Å². The van der Waals surface area contributed by atoms with Gasteiger partial charge in [-0.15, -0.1) is 0 Å². The Bertz CT molecular complexity index is 1620. The van der Waals surface area contributed by atoms with Gasteiger partial charge in [0.1, 0.15) is 17.5 Å². The monoisotopic (exact) mass is 567 g/mol. The number of thiazole rings is 1. The summed E-state index contributed by atoms with van der Waals surface area (Å²) in [4.78, 5) is 13.4. The quantitative estimate of drug-likeness (QED) is 0.297. The van der Waals surface area contributed by atoms with E-state index in [9.17, 15) is 26.0 Å². The minimum Gasteiger partial charge on any atom is -0.336 e. The van der Waals surface area contributed by atoms with E-state index >= 15 is 4.39 Å². The van der Waals surface area contributed by atoms with Crippen LogP contribution in [0.4, 0.5) is 32.8 Å². The molecule has 0 amide bonds. The van der Waals surface area contributed by atoms with Crippen LogP contribution in [0.15, 0.2) is 53.6 Å². The lowest BCUT2D eigenvalue weighted by Crippen LogP contribution is -2.56. The van der Waals surface area contributed by atoms with Gasteiger partial charge in [0.05, 0.1) is 35.0 Å². The molecule has 0 unspecified atom stereocenters. The first-order valence-corrected chi connectivity index (χ1v) is 13.5. The number of anilines is 2. The fourth-order valence-electron chi connectivity index (χ4n) is 3.87. The largest absolute Gasteiger partial charge is 0.336 e. The Balaban J connectivity index is 1.60. The number of alkyl halides is 2. The zero-order valence-corrected chi connectivity index (χ0v) is 21.2. The Kier molecular flexibility index (Phi) is 6.55. The molecule has 4 aromatic rings. The predicted octanol–water partition coefficient (Wildman–Crippen LogP) is 5.50. The lowest BCUT2D eigenvalue weighted by Gasteiger charge is -2.38. The number of nitrogens with one attached hydrogen (secondary N) is 1. The van der Waals surface area contributed by atoms with Crippen molar-refractivity contribution in [1.82, 2.24) is 15.0 Å². The van der Waals surface area contributed by atoms with Crippen LogP contribution in [0.1, 0.15) is 12.7 Å². The molecule has 5 rings (SSSR count). The maximum absolute atomic E-state index is 15.8. The lowest BCUT2D eigenvalue weighted by atomic mass is 10.1. The average molecular weight is 568 g/mol. The molecular formula is C24H18F5N5O2S2. The number of benzene rings is 2. The van der Waals surface area contributed by atoms with E-state index in [-0.39, 0.29) is 16.4 Å². The van der Waals surface area contributed by atoms with Crippen molar-refractivity contribution in [3.05, 3.63) is 71.9 Å². The van der Waals surface area contributed by atoms with Gasteiger partial charge in [0.15, 0.2) is 15.8 Å². The van der Waals surface area contributed by atoms with Gasteiger partial charge in [-0.1, -0.05) is 30.4 Å². The van der Waals surface area contributed by atoms with Gasteiger partial charge in [-0.25, -0.2) is 45.3 Å². The van der Waals surface area contributed by atoms with Gasteiger partial charge in [0, 0.05) is 18.2 Å². The molecule has 7 nitrogen and oxygen atoms in total. The standard InChI is InChI=1S/C24H18F5N5O2S2/c1-2-18-30-10-9-17(31-18)21-20(32-23(37-21)34-11-24(28,29)12-34)13-5-3-8-16(19(13)27)33-38(35,36)22-14(25)6-4-7-15(22)26/h3-10,33H,2,11-12H2,1H3. The highest BCUT2D eigenvalue weighted by atomic mass is 32.2. The Labute approximate surface area is 218 Å². The minimum atomic E-state index is -4.85. The van der Waals surface area contributed by atoms with Gasteiger partial charge in [0.2, 0.25) is 0 Å². The molecule has 0 aliphatic carbocycles. The molecule has 1 aliphatic rings. The zero-order chi connectivity index (χ0) is 27.2. The number of hydrogen-bond acceptors (Lipinski definition) is 7. The maximum Gasteiger partial charge on any atom is 0.282 e. The Hall–Kier alpha value is -3.65. The molecule has 14 heteroatoms. The van der Waals surface area contributed by atoms with Crippen LogP contribution in [0.3, 0.4) is 0 Å². The molecule has 2 aromatic carbocycles. The Morgan fingerprint density at radius 3 is 2.37 bits per heavy atom. The summed E-state index contributed by atoms with van der Waals surface area (Å²) < 4.78 is 98.5. The second kappa shape index (κ2) is 9.58. The molecule has 198 valence electrons. The molecule has 1 N–H and O–H groups in total. The summed E-state index contributed by atoms with van der Waals surface area (Å²) in [6.45, 7) is 0.730. The van der Waals surface area contributed by atoms with Crippen molar-refractivity contribution in [3.63, 3.8) is 0 Å². The normalized spacial score (nSPS) is 14.8. The molecular weight excluding hydrogens is 549 g/mol. The smallest absolute Gasteiger partial charge is 0.282 e. The van der Waals surface area contributed by atoms with E-state index in [1.54, 1.807) is 6.07 Å². The molecule has 1 saturated heterocycles. The van der Waals surface area contributed by atoms with Crippen LogP contribution in [0, 0.1) is 17.5 Å². The molecule has 0 radical (unpaired) electrons. The van der Waals surface area contributed by atoms with Gasteiger partial charge in [-0.3, -0.25) is 4.72 Å². The van der Waals surface area contributed by atoms with Crippen LogP contribution in [-0.2, 0) is 16.4 Å². The third-order valence-electron chi connectivity index (χ3n) is 5.67. The van der Waals surface area contributed by atoms with Gasteiger partial charge in [0.25, 0.3) is 15.9 Å². The SMILES string of the molecule is CCc1nccc(-c2sc(N3CC(F)(F)C3)nc2-c2cccc(NS(=O)(=O)c3c(F)cccc3F)c2F)n1. The highest BCUT2D eigenvalue weighted by molar-refractivity contribution is 7.92. The molecule has 0 saturated carbocycles. The van der Waals surface area contributed by atoms with Crippen LogP contribution < -0.4 is 9.62 Å². The van der Waals surface area contributed by atoms with Gasteiger partial charge >= 0.3 is 0 Å². The Morgan fingerprint density at radius 2 is 1.71 bits per heavy atom. The number of halogens is 5. The summed E-state index contributed by atoms with van der Waals surface area (Å²) >= 11 is 1.03. The summed E-state index contributed by atoms with van der Waals surface area (Å²) in [7, 11) is -4.85. The minimum absolute atomic E-state index is 0.0385. The van der Waals surface area contributed by atoms with Crippen molar-refractivity contribution < 1.29 is 30.4 Å². The van der Waals surface area contributed by atoms with Crippen molar-refractivity contribution in [1.29, 1.82) is 0 Å². The summed E-state index contributed by atoms with van der Waals surface area (Å²) in [5, 5.41) is 0.205. The summed E-state index contributed by atoms with van der Waals surface area (Å²) in [6, 6.07) is 7.82. The predicted molar refractivity (Wildman–Crippen MR) is 132 cm³/mol. The molecule has 1 aliphatic heterocycles. The summed E-state index contributed by atoms with van der Waals surface area (Å²) in [6.07, 6.45) is 2.01. The first-order valence-electron chi connectivity index (χ1n) is 11.2. The highest BCUT2D eigenvalue weighted by Crippen LogP contribution is 2.44. The van der Waals surface area contributed by atoms with Gasteiger partial charge in [-0.05, 0) is 30.3 Å². The second-order valence-corrected chi connectivity index (χ2v) is 11.0. The van der Waals surface area contributed by atoms with Crippen molar-refractivity contribution in [3.8, 4) is 21.8 Å². The molecule has 0 atom stereocenters. The topological polar surface area (TPSA) is 88.1 Å². The maximum atomic E-state index is 15.8. The van der Waals surface area contributed by atoms with Crippen molar-refractivity contribution >= 4 is 32.2 Å². The van der Waals surface area contributed by atoms with E-state index in [0.29, 0.717) is 22.8 Å². The van der Waals surface area contributed by atoms with E-state index < -0.39 is 57.1 Å². The molecule has 1 fully saturated rings. The molecule has 0 bridgehead atoms. The number of sulfonamides is 1. The van der Waals surface area contributed by atoms with E-state index in [1.807, 2.05) is 11.6 Å². The number of hydrogen-bond donors (Lipinski definition) is 1. The zero-order valence-electron chi connectivity index (χ0n) is 19.6. The number of nitrogens with zero attached hydrogens (tertiary/aromatic N) is 4. The van der Waals surface area contributed by atoms with Crippen molar-refractivity contribution in [2.75, 3.05) is 22.7 Å². The van der Waals surface area contributed by atoms with Crippen LogP contribution in [0.25, 0.3) is 21.8 Å². The molecule has 38 heavy (non-hydrogen) atoms. The lowest BCUT2D eigenvalue weighted by molar-refractivity contribution is -0.0262. The Morgan fingerprint density at radius 1 is 1.03 bits per heavy atom. The summed E-state index contributed by atoms with van der Waals surface area (Å²) in [5.74, 6) is -6.15. The summed E-state index contributed by atoms with van der Waals surface area (Å²) in [5.41, 5.74) is -0.336. The fourth-order valence-corrected chi connectivity index (χ4v) is 6.12. The second-order valence-electron chi connectivity index (χ2n) is 8.42. The third kappa shape index (κ3) is 4.80. The molecule has 0 spiro atoms.